The van der Waals surface area contributed by atoms with Gasteiger partial charge >= 0.3 is 5.97 Å². The Kier molecular flexibility index (Phi) is 7.90. The topological polar surface area (TPSA) is 92.8 Å². The van der Waals surface area contributed by atoms with Crippen LogP contribution < -0.4 is 4.74 Å². The summed E-state index contributed by atoms with van der Waals surface area (Å²) in [6.07, 6.45) is 1.39. The monoisotopic (exact) mass is 464 g/mol. The lowest BCUT2D eigenvalue weighted by molar-refractivity contribution is -0.148. The lowest BCUT2D eigenvalue weighted by Gasteiger charge is -2.15. The van der Waals surface area contributed by atoms with Crippen molar-refractivity contribution in [2.45, 2.75) is 6.54 Å². The van der Waals surface area contributed by atoms with E-state index in [1.54, 1.807) is 68.8 Å². The molecule has 0 aliphatic rings. The van der Waals surface area contributed by atoms with Crippen molar-refractivity contribution in [2.75, 3.05) is 20.8 Å². The molecular weight excluding hydrogens is 444 g/mol. The maximum Gasteiger partial charge on any atom is 0.349 e. The van der Waals surface area contributed by atoms with Gasteiger partial charge in [-0.3, -0.25) is 4.79 Å². The molecule has 0 radical (unpaired) electrons. The molecule has 0 aliphatic heterocycles. The SMILES string of the molecule is COc1ccc(/C=C(\C#N)C(=O)OCC(=O)N(C)Cc2ccc(-c3ccc(Cl)cc3)o2)cc1. The third kappa shape index (κ3) is 6.48. The summed E-state index contributed by atoms with van der Waals surface area (Å²) in [5.74, 6) is 0.557. The van der Waals surface area contributed by atoms with Crippen LogP contribution in [0.3, 0.4) is 0 Å². The number of rotatable bonds is 8. The van der Waals surface area contributed by atoms with Crippen LogP contribution in [0.15, 0.2) is 70.7 Å². The first-order chi connectivity index (χ1) is 15.9. The predicted octanol–water partition coefficient (Wildman–Crippen LogP) is 4.72. The van der Waals surface area contributed by atoms with Gasteiger partial charge in [-0.1, -0.05) is 23.7 Å². The highest BCUT2D eigenvalue weighted by molar-refractivity contribution is 6.30. The molecule has 0 spiro atoms. The fraction of sp³-hybridized carbons (Fsp3) is 0.160. The van der Waals surface area contributed by atoms with Crippen molar-refractivity contribution in [3.8, 4) is 23.1 Å². The summed E-state index contributed by atoms with van der Waals surface area (Å²) in [6.45, 7) is -0.307. The van der Waals surface area contributed by atoms with Gasteiger partial charge in [0.1, 0.15) is 28.9 Å². The van der Waals surface area contributed by atoms with Gasteiger partial charge in [-0.15, -0.1) is 0 Å². The molecule has 0 N–H and O–H groups in total. The molecule has 0 aliphatic carbocycles. The van der Waals surface area contributed by atoms with Gasteiger partial charge in [0.05, 0.1) is 13.7 Å². The van der Waals surface area contributed by atoms with Gasteiger partial charge in [-0.2, -0.15) is 5.26 Å². The van der Waals surface area contributed by atoms with Crippen LogP contribution in [-0.4, -0.2) is 37.5 Å². The maximum absolute atomic E-state index is 12.4. The Morgan fingerprint density at radius 2 is 1.79 bits per heavy atom. The first-order valence-corrected chi connectivity index (χ1v) is 10.3. The molecule has 7 nitrogen and oxygen atoms in total. The minimum atomic E-state index is -0.877. The summed E-state index contributed by atoms with van der Waals surface area (Å²) in [6, 6.07) is 19.4. The standard InChI is InChI=1S/C25H21ClN2O5/c1-28(15-22-11-12-23(33-22)18-5-7-20(26)8-6-18)24(29)16-32-25(30)19(14-27)13-17-3-9-21(31-2)10-4-17/h3-13H,15-16H2,1-2H3/b19-13+. The van der Waals surface area contributed by atoms with E-state index in [2.05, 4.69) is 0 Å². The van der Waals surface area contributed by atoms with Crippen molar-refractivity contribution in [1.29, 1.82) is 5.26 Å². The largest absolute Gasteiger partial charge is 0.497 e. The molecule has 0 saturated carbocycles. The second-order valence-corrected chi connectivity index (χ2v) is 7.48. The van der Waals surface area contributed by atoms with Gasteiger partial charge in [0.25, 0.3) is 5.91 Å². The molecule has 0 fully saturated rings. The minimum Gasteiger partial charge on any atom is -0.497 e. The van der Waals surface area contributed by atoms with E-state index in [0.29, 0.717) is 27.9 Å². The van der Waals surface area contributed by atoms with Crippen LogP contribution in [0.2, 0.25) is 5.02 Å². The number of ether oxygens (including phenoxy) is 2. The van der Waals surface area contributed by atoms with E-state index in [1.165, 1.54) is 11.0 Å². The maximum atomic E-state index is 12.4. The highest BCUT2D eigenvalue weighted by Gasteiger charge is 2.17. The zero-order chi connectivity index (χ0) is 23.8. The summed E-state index contributed by atoms with van der Waals surface area (Å²) in [4.78, 5) is 26.0. The van der Waals surface area contributed by atoms with E-state index in [-0.39, 0.29) is 12.1 Å². The summed E-state index contributed by atoms with van der Waals surface area (Å²) >= 11 is 5.90. The van der Waals surface area contributed by atoms with Gasteiger partial charge in [0.15, 0.2) is 6.61 Å². The molecule has 0 bridgehead atoms. The lowest BCUT2D eigenvalue weighted by atomic mass is 10.1. The van der Waals surface area contributed by atoms with Crippen molar-refractivity contribution in [2.24, 2.45) is 0 Å². The van der Waals surface area contributed by atoms with E-state index >= 15 is 0 Å². The molecule has 3 rings (SSSR count). The molecule has 0 atom stereocenters. The molecule has 8 heteroatoms. The fourth-order valence-corrected chi connectivity index (χ4v) is 3.00. The number of nitriles is 1. The van der Waals surface area contributed by atoms with Gasteiger partial charge in [-0.05, 0) is 60.2 Å². The van der Waals surface area contributed by atoms with Gasteiger partial charge < -0.3 is 18.8 Å². The predicted molar refractivity (Wildman–Crippen MR) is 123 cm³/mol. The number of methoxy groups -OCH3 is 1. The molecule has 1 amide bonds. The smallest absolute Gasteiger partial charge is 0.349 e. The van der Waals surface area contributed by atoms with E-state index in [9.17, 15) is 14.9 Å². The summed E-state index contributed by atoms with van der Waals surface area (Å²) in [7, 11) is 3.11. The molecule has 0 saturated heterocycles. The molecule has 1 heterocycles. The Labute approximate surface area is 196 Å². The first kappa shape index (κ1) is 23.6. The number of furan rings is 1. The number of hydrogen-bond acceptors (Lipinski definition) is 6. The van der Waals surface area contributed by atoms with Crippen LogP contribution in [0.1, 0.15) is 11.3 Å². The second kappa shape index (κ2) is 11.0. The van der Waals surface area contributed by atoms with E-state index in [1.807, 2.05) is 12.1 Å². The van der Waals surface area contributed by atoms with Crippen molar-refractivity contribution in [3.05, 3.63) is 82.6 Å². The van der Waals surface area contributed by atoms with Crippen LogP contribution in [0.5, 0.6) is 5.75 Å². The average Bonchev–Trinajstić information content (AvgIpc) is 3.29. The molecule has 33 heavy (non-hydrogen) atoms. The zero-order valence-electron chi connectivity index (χ0n) is 18.1. The highest BCUT2D eigenvalue weighted by atomic mass is 35.5. The van der Waals surface area contributed by atoms with Crippen LogP contribution >= 0.6 is 11.6 Å². The lowest BCUT2D eigenvalue weighted by Crippen LogP contribution is -2.30. The number of esters is 1. The molecule has 1 aromatic heterocycles. The molecular formula is C25H21ClN2O5. The van der Waals surface area contributed by atoms with Gasteiger partial charge in [0.2, 0.25) is 0 Å². The summed E-state index contributed by atoms with van der Waals surface area (Å²) < 4.78 is 15.9. The van der Waals surface area contributed by atoms with Gasteiger partial charge in [0, 0.05) is 17.6 Å². The molecule has 2 aromatic carbocycles. The molecule has 3 aromatic rings. The van der Waals surface area contributed by atoms with Crippen LogP contribution in [0, 0.1) is 11.3 Å². The van der Waals surface area contributed by atoms with Gasteiger partial charge in [-0.25, -0.2) is 4.79 Å². The number of halogens is 1. The highest BCUT2D eigenvalue weighted by Crippen LogP contribution is 2.24. The second-order valence-electron chi connectivity index (χ2n) is 7.04. The third-order valence-electron chi connectivity index (χ3n) is 4.70. The Bertz CT molecular complexity index is 1190. The number of nitrogens with zero attached hydrogens (tertiary/aromatic N) is 2. The van der Waals surface area contributed by atoms with Crippen molar-refractivity contribution >= 4 is 29.6 Å². The Morgan fingerprint density at radius 3 is 2.42 bits per heavy atom. The van der Waals surface area contributed by atoms with E-state index in [4.69, 9.17) is 25.5 Å². The number of carbonyl (C=O) groups excluding carboxylic acids is 2. The quantitative estimate of drug-likeness (QED) is 0.272. The number of hydrogen-bond donors (Lipinski definition) is 0. The number of amides is 1. The van der Waals surface area contributed by atoms with Crippen molar-refractivity contribution in [3.63, 3.8) is 0 Å². The molecule has 0 unspecified atom stereocenters. The number of likely N-dealkylation sites (N-methyl/N-ethyl adjacent to an activating group) is 1. The number of carbonyl (C=O) groups is 2. The van der Waals surface area contributed by atoms with Crippen molar-refractivity contribution < 1.29 is 23.5 Å². The Morgan fingerprint density at radius 1 is 1.09 bits per heavy atom. The number of benzene rings is 2. The molecule has 168 valence electrons. The van der Waals surface area contributed by atoms with Crippen LogP contribution in [0.4, 0.5) is 0 Å². The summed E-state index contributed by atoms with van der Waals surface area (Å²) in [5, 5.41) is 9.91. The summed E-state index contributed by atoms with van der Waals surface area (Å²) in [5.41, 5.74) is 1.28. The van der Waals surface area contributed by atoms with E-state index < -0.39 is 18.5 Å². The van der Waals surface area contributed by atoms with E-state index in [0.717, 1.165) is 5.56 Å². The minimum absolute atomic E-state index is 0.191. The Balaban J connectivity index is 1.55. The van der Waals surface area contributed by atoms with Crippen LogP contribution in [0.25, 0.3) is 17.4 Å². The van der Waals surface area contributed by atoms with Crippen LogP contribution in [-0.2, 0) is 20.9 Å². The average molecular weight is 465 g/mol. The Hall–Kier alpha value is -4.02. The fourth-order valence-electron chi connectivity index (χ4n) is 2.87. The zero-order valence-corrected chi connectivity index (χ0v) is 18.8. The first-order valence-electron chi connectivity index (χ1n) is 9.91. The normalized spacial score (nSPS) is 10.9. The third-order valence-corrected chi connectivity index (χ3v) is 4.96. The van der Waals surface area contributed by atoms with Crippen molar-refractivity contribution in [1.82, 2.24) is 4.90 Å².